The maximum atomic E-state index is 11.8. The van der Waals surface area contributed by atoms with E-state index in [0.29, 0.717) is 13.1 Å². The Bertz CT molecular complexity index is 322. The molecule has 1 aliphatic carbocycles. The molecule has 0 spiro atoms. The van der Waals surface area contributed by atoms with E-state index in [1.165, 1.54) is 0 Å². The van der Waals surface area contributed by atoms with E-state index in [9.17, 15) is 9.59 Å². The molecule has 0 aromatic rings. The number of hydrogen-bond acceptors (Lipinski definition) is 3. The predicted molar refractivity (Wildman–Crippen MR) is 64.4 cm³/mol. The maximum Gasteiger partial charge on any atom is 0.232 e. The molecule has 1 aliphatic heterocycles. The van der Waals surface area contributed by atoms with Gasteiger partial charge in [-0.3, -0.25) is 9.59 Å². The highest BCUT2D eigenvalue weighted by molar-refractivity contribution is 5.97. The lowest BCUT2D eigenvalue weighted by Crippen LogP contribution is -2.47. The molecule has 0 aromatic carbocycles. The van der Waals surface area contributed by atoms with E-state index in [0.717, 1.165) is 19.5 Å². The van der Waals surface area contributed by atoms with Gasteiger partial charge in [0.15, 0.2) is 0 Å². The predicted octanol–water partition coefficient (Wildman–Crippen LogP) is -0.277. The van der Waals surface area contributed by atoms with Crippen molar-refractivity contribution in [1.82, 2.24) is 15.5 Å². The van der Waals surface area contributed by atoms with Gasteiger partial charge in [0.25, 0.3) is 0 Å². The fourth-order valence-electron chi connectivity index (χ4n) is 2.12. The molecule has 1 unspecified atom stereocenters. The van der Waals surface area contributed by atoms with Crippen molar-refractivity contribution >= 4 is 11.8 Å². The molecule has 2 amide bonds. The minimum Gasteiger partial charge on any atom is -0.352 e. The lowest BCUT2D eigenvalue weighted by Gasteiger charge is -2.27. The molecule has 0 bridgehead atoms. The van der Waals surface area contributed by atoms with E-state index in [1.54, 1.807) is 4.90 Å². The zero-order valence-electron chi connectivity index (χ0n) is 10.6. The van der Waals surface area contributed by atoms with Crippen LogP contribution < -0.4 is 10.6 Å². The number of rotatable bonds is 3. The van der Waals surface area contributed by atoms with Crippen LogP contribution in [0.3, 0.4) is 0 Å². The first-order valence-corrected chi connectivity index (χ1v) is 6.27. The lowest BCUT2D eigenvalue weighted by atomic mass is 10.2. The molecule has 5 heteroatoms. The molecule has 1 saturated carbocycles. The topological polar surface area (TPSA) is 61.4 Å². The van der Waals surface area contributed by atoms with E-state index in [2.05, 4.69) is 24.5 Å². The zero-order valence-corrected chi connectivity index (χ0v) is 10.6. The molecule has 2 aliphatic rings. The van der Waals surface area contributed by atoms with Crippen LogP contribution in [-0.4, -0.2) is 48.9 Å². The number of amides is 2. The van der Waals surface area contributed by atoms with Crippen LogP contribution >= 0.6 is 0 Å². The molecular formula is C12H21N3O2. The summed E-state index contributed by atoms with van der Waals surface area (Å²) in [7, 11) is 0. The van der Waals surface area contributed by atoms with Crippen molar-refractivity contribution in [1.29, 1.82) is 0 Å². The molecule has 1 heterocycles. The molecule has 5 nitrogen and oxygen atoms in total. The highest BCUT2D eigenvalue weighted by Crippen LogP contribution is 2.44. The quantitative estimate of drug-likeness (QED) is 0.666. The number of carbonyl (C=O) groups is 2. The monoisotopic (exact) mass is 239 g/mol. The summed E-state index contributed by atoms with van der Waals surface area (Å²) in [5.41, 5.74) is 0.216. The van der Waals surface area contributed by atoms with Crippen LogP contribution in [0.25, 0.3) is 0 Å². The van der Waals surface area contributed by atoms with Crippen LogP contribution in [0.1, 0.15) is 26.7 Å². The fraction of sp³-hybridized carbons (Fsp3) is 0.833. The standard InChI is InChI=1S/C12H21N3O2/c1-12(2)8-9(12)14-10(16)7-11(17)15-5-3-13-4-6-15/h9,13H,3-8H2,1-2H3,(H,14,16). The second kappa shape index (κ2) is 4.64. The van der Waals surface area contributed by atoms with Crippen molar-refractivity contribution in [3.8, 4) is 0 Å². The van der Waals surface area contributed by atoms with Crippen LogP contribution in [0.5, 0.6) is 0 Å². The fourth-order valence-corrected chi connectivity index (χ4v) is 2.12. The van der Waals surface area contributed by atoms with Crippen molar-refractivity contribution in [2.75, 3.05) is 26.2 Å². The maximum absolute atomic E-state index is 11.8. The molecule has 1 atom stereocenters. The Morgan fingerprint density at radius 1 is 1.35 bits per heavy atom. The van der Waals surface area contributed by atoms with Crippen LogP contribution in [0.4, 0.5) is 0 Å². The molecule has 2 fully saturated rings. The molecule has 0 radical (unpaired) electrons. The Morgan fingerprint density at radius 3 is 2.47 bits per heavy atom. The number of nitrogens with one attached hydrogen (secondary N) is 2. The average Bonchev–Trinajstić information content (AvgIpc) is 2.86. The van der Waals surface area contributed by atoms with Gasteiger partial charge < -0.3 is 15.5 Å². The van der Waals surface area contributed by atoms with Gasteiger partial charge in [0.05, 0.1) is 0 Å². The first-order chi connectivity index (χ1) is 7.99. The van der Waals surface area contributed by atoms with Crippen molar-refractivity contribution in [3.05, 3.63) is 0 Å². The van der Waals surface area contributed by atoms with Crippen molar-refractivity contribution in [2.24, 2.45) is 5.41 Å². The molecule has 2 N–H and O–H groups in total. The third kappa shape index (κ3) is 3.19. The van der Waals surface area contributed by atoms with Gasteiger partial charge in [-0.05, 0) is 11.8 Å². The normalized spacial score (nSPS) is 26.5. The van der Waals surface area contributed by atoms with Gasteiger partial charge >= 0.3 is 0 Å². The van der Waals surface area contributed by atoms with Gasteiger partial charge in [-0.2, -0.15) is 0 Å². The number of carbonyl (C=O) groups excluding carboxylic acids is 2. The molecule has 0 aromatic heterocycles. The molecular weight excluding hydrogens is 218 g/mol. The zero-order chi connectivity index (χ0) is 12.5. The molecule has 2 rings (SSSR count). The minimum atomic E-state index is -0.135. The third-order valence-electron chi connectivity index (χ3n) is 3.63. The van der Waals surface area contributed by atoms with Crippen LogP contribution in [0.15, 0.2) is 0 Å². The highest BCUT2D eigenvalue weighted by atomic mass is 16.2. The second-order valence-electron chi connectivity index (χ2n) is 5.62. The van der Waals surface area contributed by atoms with Crippen molar-refractivity contribution < 1.29 is 9.59 Å². The van der Waals surface area contributed by atoms with Crippen molar-refractivity contribution in [2.45, 2.75) is 32.7 Å². The Hall–Kier alpha value is -1.10. The first kappa shape index (κ1) is 12.4. The van der Waals surface area contributed by atoms with Crippen LogP contribution in [0, 0.1) is 5.41 Å². The summed E-state index contributed by atoms with van der Waals surface area (Å²) in [5, 5.41) is 6.09. The Kier molecular flexibility index (Phi) is 3.38. The van der Waals surface area contributed by atoms with Crippen molar-refractivity contribution in [3.63, 3.8) is 0 Å². The van der Waals surface area contributed by atoms with Gasteiger partial charge in [-0.15, -0.1) is 0 Å². The van der Waals surface area contributed by atoms with Gasteiger partial charge in [0, 0.05) is 32.2 Å². The number of nitrogens with zero attached hydrogens (tertiary/aromatic N) is 1. The van der Waals surface area contributed by atoms with Gasteiger partial charge in [0.1, 0.15) is 6.42 Å². The summed E-state index contributed by atoms with van der Waals surface area (Å²) in [4.78, 5) is 25.2. The summed E-state index contributed by atoms with van der Waals surface area (Å²) in [5.74, 6) is -0.188. The van der Waals surface area contributed by atoms with Crippen LogP contribution in [-0.2, 0) is 9.59 Å². The first-order valence-electron chi connectivity index (χ1n) is 6.27. The van der Waals surface area contributed by atoms with E-state index in [4.69, 9.17) is 0 Å². The Balaban J connectivity index is 1.72. The Morgan fingerprint density at radius 2 is 1.94 bits per heavy atom. The van der Waals surface area contributed by atoms with Gasteiger partial charge in [-0.1, -0.05) is 13.8 Å². The van der Waals surface area contributed by atoms with E-state index >= 15 is 0 Å². The largest absolute Gasteiger partial charge is 0.352 e. The average molecular weight is 239 g/mol. The van der Waals surface area contributed by atoms with E-state index in [-0.39, 0.29) is 29.7 Å². The molecule has 17 heavy (non-hydrogen) atoms. The van der Waals surface area contributed by atoms with Crippen LogP contribution in [0.2, 0.25) is 0 Å². The summed E-state index contributed by atoms with van der Waals surface area (Å²) in [6.45, 7) is 7.31. The summed E-state index contributed by atoms with van der Waals surface area (Å²) in [6.07, 6.45) is 1.01. The number of hydrogen-bond donors (Lipinski definition) is 2. The smallest absolute Gasteiger partial charge is 0.232 e. The minimum absolute atomic E-state index is 0.00736. The number of piperazine rings is 1. The molecule has 96 valence electrons. The molecule has 1 saturated heterocycles. The van der Waals surface area contributed by atoms with E-state index in [1.807, 2.05) is 0 Å². The summed E-state index contributed by atoms with van der Waals surface area (Å²) in [6, 6.07) is 0.255. The summed E-state index contributed by atoms with van der Waals surface area (Å²) < 4.78 is 0. The Labute approximate surface area is 102 Å². The lowest BCUT2D eigenvalue weighted by molar-refractivity contribution is -0.136. The van der Waals surface area contributed by atoms with Gasteiger partial charge in [-0.25, -0.2) is 0 Å². The summed E-state index contributed by atoms with van der Waals surface area (Å²) >= 11 is 0. The SMILES string of the molecule is CC1(C)CC1NC(=O)CC(=O)N1CCNCC1. The highest BCUT2D eigenvalue weighted by Gasteiger charge is 2.46. The van der Waals surface area contributed by atoms with E-state index < -0.39 is 0 Å². The second-order valence-corrected chi connectivity index (χ2v) is 5.62. The van der Waals surface area contributed by atoms with Gasteiger partial charge in [0.2, 0.25) is 11.8 Å². The third-order valence-corrected chi connectivity index (χ3v) is 3.63.